The lowest BCUT2D eigenvalue weighted by Gasteiger charge is -2.16. The third-order valence-corrected chi connectivity index (χ3v) is 4.05. The van der Waals surface area contributed by atoms with Gasteiger partial charge in [0.05, 0.1) is 15.7 Å². The van der Waals surface area contributed by atoms with Crippen LogP contribution >= 0.6 is 23.2 Å². The number of anilines is 4. The first-order valence-electron chi connectivity index (χ1n) is 6.61. The average Bonchev–Trinajstić information content (AvgIpc) is 2.97. The fraction of sp³-hybridized carbons (Fsp3) is 0.308. The smallest absolute Gasteiger partial charge is 0.233 e. The summed E-state index contributed by atoms with van der Waals surface area (Å²) in [6, 6.07) is 5.30. The summed E-state index contributed by atoms with van der Waals surface area (Å²) in [5.74, 6) is 1.11. The second-order valence-electron chi connectivity index (χ2n) is 4.74. The van der Waals surface area contributed by atoms with E-state index in [0.29, 0.717) is 27.6 Å². The van der Waals surface area contributed by atoms with Gasteiger partial charge in [-0.15, -0.1) is 0 Å². The standard InChI is InChI=1S/C13H14Cl2N6/c14-8-4-3-5-9(10(8)15)17-12-18-11(16)19-13(20-12)21-6-1-2-7-21/h3-5H,1-2,6-7H2,(H3,16,17,18,19,20). The maximum atomic E-state index is 6.14. The molecule has 0 bridgehead atoms. The SMILES string of the molecule is Nc1nc(Nc2cccc(Cl)c2Cl)nc(N2CCCC2)n1. The molecule has 1 aromatic carbocycles. The number of halogens is 2. The Hall–Kier alpha value is -1.79. The fourth-order valence-electron chi connectivity index (χ4n) is 2.22. The van der Waals surface area contributed by atoms with Gasteiger partial charge in [-0.3, -0.25) is 0 Å². The zero-order chi connectivity index (χ0) is 14.8. The Balaban J connectivity index is 1.89. The van der Waals surface area contributed by atoms with E-state index in [0.717, 1.165) is 25.9 Å². The van der Waals surface area contributed by atoms with E-state index in [2.05, 4.69) is 25.2 Å². The number of nitrogens with zero attached hydrogens (tertiary/aromatic N) is 4. The van der Waals surface area contributed by atoms with Gasteiger partial charge in [0.2, 0.25) is 17.8 Å². The van der Waals surface area contributed by atoms with Crippen LogP contribution in [0, 0.1) is 0 Å². The van der Waals surface area contributed by atoms with E-state index < -0.39 is 0 Å². The van der Waals surface area contributed by atoms with Gasteiger partial charge in [0, 0.05) is 13.1 Å². The first-order valence-corrected chi connectivity index (χ1v) is 7.36. The lowest BCUT2D eigenvalue weighted by Crippen LogP contribution is -2.22. The maximum Gasteiger partial charge on any atom is 0.233 e. The summed E-state index contributed by atoms with van der Waals surface area (Å²) in [5.41, 5.74) is 6.39. The van der Waals surface area contributed by atoms with Gasteiger partial charge in [0.1, 0.15) is 0 Å². The molecule has 1 aliphatic rings. The van der Waals surface area contributed by atoms with Crippen molar-refractivity contribution in [1.29, 1.82) is 0 Å². The molecule has 0 spiro atoms. The van der Waals surface area contributed by atoms with Gasteiger partial charge in [-0.05, 0) is 25.0 Å². The zero-order valence-corrected chi connectivity index (χ0v) is 12.7. The van der Waals surface area contributed by atoms with E-state index in [1.165, 1.54) is 0 Å². The van der Waals surface area contributed by atoms with Crippen molar-refractivity contribution in [3.63, 3.8) is 0 Å². The Bertz CT molecular complexity index is 657. The minimum atomic E-state index is 0.174. The number of benzene rings is 1. The van der Waals surface area contributed by atoms with Crippen molar-refractivity contribution < 1.29 is 0 Å². The maximum absolute atomic E-state index is 6.14. The third-order valence-electron chi connectivity index (χ3n) is 3.23. The Kier molecular flexibility index (Phi) is 3.98. The molecule has 6 nitrogen and oxygen atoms in total. The molecule has 0 atom stereocenters. The third kappa shape index (κ3) is 3.11. The van der Waals surface area contributed by atoms with Crippen molar-refractivity contribution in [2.24, 2.45) is 0 Å². The van der Waals surface area contributed by atoms with Crippen molar-refractivity contribution in [3.8, 4) is 0 Å². The Morgan fingerprint density at radius 3 is 2.62 bits per heavy atom. The highest BCUT2D eigenvalue weighted by Gasteiger charge is 2.17. The van der Waals surface area contributed by atoms with E-state index >= 15 is 0 Å². The van der Waals surface area contributed by atoms with Crippen LogP contribution in [0.25, 0.3) is 0 Å². The molecule has 0 unspecified atom stereocenters. The second kappa shape index (κ2) is 5.91. The van der Waals surface area contributed by atoms with E-state index in [1.54, 1.807) is 18.2 Å². The van der Waals surface area contributed by atoms with Gasteiger partial charge < -0.3 is 16.0 Å². The predicted molar refractivity (Wildman–Crippen MR) is 85.4 cm³/mol. The molecule has 3 rings (SSSR count). The summed E-state index contributed by atoms with van der Waals surface area (Å²) in [4.78, 5) is 14.7. The summed E-state index contributed by atoms with van der Waals surface area (Å²) < 4.78 is 0. The first kappa shape index (κ1) is 14.2. The molecular weight excluding hydrogens is 311 g/mol. The molecule has 0 radical (unpaired) electrons. The summed E-state index contributed by atoms with van der Waals surface area (Å²) >= 11 is 12.1. The predicted octanol–water partition coefficient (Wildman–Crippen LogP) is 3.10. The van der Waals surface area contributed by atoms with Crippen LogP contribution in [0.1, 0.15) is 12.8 Å². The molecule has 3 N–H and O–H groups in total. The van der Waals surface area contributed by atoms with Gasteiger partial charge in [-0.25, -0.2) is 0 Å². The lowest BCUT2D eigenvalue weighted by molar-refractivity contribution is 0.887. The molecule has 1 fully saturated rings. The Labute approximate surface area is 132 Å². The molecule has 8 heteroatoms. The zero-order valence-electron chi connectivity index (χ0n) is 11.2. The highest BCUT2D eigenvalue weighted by molar-refractivity contribution is 6.43. The van der Waals surface area contributed by atoms with Gasteiger partial charge in [0.15, 0.2) is 0 Å². The Morgan fingerprint density at radius 1 is 1.10 bits per heavy atom. The molecule has 0 aliphatic carbocycles. The molecule has 2 heterocycles. The topological polar surface area (TPSA) is 80.0 Å². The first-order chi connectivity index (χ1) is 10.1. The minimum Gasteiger partial charge on any atom is -0.368 e. The number of nitrogens with two attached hydrogens (primary N) is 1. The summed E-state index contributed by atoms with van der Waals surface area (Å²) in [6.07, 6.45) is 2.27. The minimum absolute atomic E-state index is 0.174. The highest BCUT2D eigenvalue weighted by atomic mass is 35.5. The lowest BCUT2D eigenvalue weighted by atomic mass is 10.3. The van der Waals surface area contributed by atoms with Crippen LogP contribution in [0.4, 0.5) is 23.5 Å². The number of rotatable bonds is 3. The molecular formula is C13H14Cl2N6. The largest absolute Gasteiger partial charge is 0.368 e. The van der Waals surface area contributed by atoms with Crippen molar-refractivity contribution in [3.05, 3.63) is 28.2 Å². The monoisotopic (exact) mass is 324 g/mol. The Morgan fingerprint density at radius 2 is 1.86 bits per heavy atom. The van der Waals surface area contributed by atoms with Crippen LogP contribution in [0.5, 0.6) is 0 Å². The van der Waals surface area contributed by atoms with Crippen LogP contribution in [0.2, 0.25) is 10.0 Å². The summed E-state index contributed by atoms with van der Waals surface area (Å²) in [6.45, 7) is 1.86. The molecule has 0 amide bonds. The second-order valence-corrected chi connectivity index (χ2v) is 5.52. The molecule has 0 saturated carbocycles. The van der Waals surface area contributed by atoms with Gasteiger partial charge in [-0.2, -0.15) is 15.0 Å². The van der Waals surface area contributed by atoms with E-state index in [1.807, 2.05) is 0 Å². The van der Waals surface area contributed by atoms with Gasteiger partial charge >= 0.3 is 0 Å². The van der Waals surface area contributed by atoms with Crippen LogP contribution in [-0.2, 0) is 0 Å². The number of nitrogen functional groups attached to an aromatic ring is 1. The van der Waals surface area contributed by atoms with Crippen molar-refractivity contribution in [1.82, 2.24) is 15.0 Å². The normalized spacial score (nSPS) is 14.5. The van der Waals surface area contributed by atoms with Crippen molar-refractivity contribution in [2.75, 3.05) is 29.0 Å². The number of nitrogens with one attached hydrogen (secondary N) is 1. The molecule has 2 aromatic rings. The molecule has 1 aliphatic heterocycles. The van der Waals surface area contributed by atoms with E-state index in [-0.39, 0.29) is 5.95 Å². The van der Waals surface area contributed by atoms with Crippen LogP contribution in [0.3, 0.4) is 0 Å². The number of hydrogen-bond acceptors (Lipinski definition) is 6. The fourth-order valence-corrected chi connectivity index (χ4v) is 2.56. The van der Waals surface area contributed by atoms with Crippen LogP contribution < -0.4 is 16.0 Å². The average molecular weight is 325 g/mol. The van der Waals surface area contributed by atoms with E-state index in [4.69, 9.17) is 28.9 Å². The quantitative estimate of drug-likeness (QED) is 0.903. The number of hydrogen-bond donors (Lipinski definition) is 2. The van der Waals surface area contributed by atoms with Crippen LogP contribution in [-0.4, -0.2) is 28.0 Å². The van der Waals surface area contributed by atoms with Crippen LogP contribution in [0.15, 0.2) is 18.2 Å². The van der Waals surface area contributed by atoms with Gasteiger partial charge in [0.25, 0.3) is 0 Å². The molecule has 110 valence electrons. The number of aromatic nitrogens is 3. The molecule has 1 aromatic heterocycles. The summed E-state index contributed by atoms with van der Waals surface area (Å²) in [7, 11) is 0. The summed E-state index contributed by atoms with van der Waals surface area (Å²) in [5, 5.41) is 3.91. The van der Waals surface area contributed by atoms with E-state index in [9.17, 15) is 0 Å². The molecule has 1 saturated heterocycles. The van der Waals surface area contributed by atoms with Crippen molar-refractivity contribution in [2.45, 2.75) is 12.8 Å². The molecule has 21 heavy (non-hydrogen) atoms. The van der Waals surface area contributed by atoms with Crippen molar-refractivity contribution >= 4 is 46.7 Å². The van der Waals surface area contributed by atoms with Gasteiger partial charge in [-0.1, -0.05) is 29.3 Å². The highest BCUT2D eigenvalue weighted by Crippen LogP contribution is 2.31.